The summed E-state index contributed by atoms with van der Waals surface area (Å²) >= 11 is 0. The minimum Gasteiger partial charge on any atom is -0.493 e. The van der Waals surface area contributed by atoms with Gasteiger partial charge < -0.3 is 14.2 Å². The SMILES string of the molecule is COc1cc2c(c(OC)c1OC)-c1ccccc1CCC2. The molecular formula is C18H20O3. The van der Waals surface area contributed by atoms with E-state index in [9.17, 15) is 0 Å². The standard InChI is InChI=1S/C18H20O3/c1-19-15-11-13-9-6-8-12-7-4-5-10-14(12)16(13)18(21-3)17(15)20-2/h4-5,7,10-11H,6,8-9H2,1-3H3. The molecule has 110 valence electrons. The highest BCUT2D eigenvalue weighted by molar-refractivity contribution is 5.82. The van der Waals surface area contributed by atoms with E-state index in [2.05, 4.69) is 30.3 Å². The summed E-state index contributed by atoms with van der Waals surface area (Å²) in [6.07, 6.45) is 3.22. The highest BCUT2D eigenvalue weighted by Gasteiger charge is 2.24. The third-order valence-electron chi connectivity index (χ3n) is 4.09. The molecule has 3 nitrogen and oxygen atoms in total. The van der Waals surface area contributed by atoms with E-state index in [-0.39, 0.29) is 0 Å². The molecule has 3 heteroatoms. The largest absolute Gasteiger partial charge is 0.493 e. The third kappa shape index (κ3) is 2.23. The van der Waals surface area contributed by atoms with Crippen LogP contribution in [0.4, 0.5) is 0 Å². The molecule has 0 spiro atoms. The number of ether oxygens (including phenoxy) is 3. The molecule has 0 aliphatic heterocycles. The molecule has 0 unspecified atom stereocenters. The van der Waals surface area contributed by atoms with Crippen LogP contribution in [-0.4, -0.2) is 21.3 Å². The van der Waals surface area contributed by atoms with Gasteiger partial charge in [0.25, 0.3) is 0 Å². The van der Waals surface area contributed by atoms with Gasteiger partial charge in [0.2, 0.25) is 5.75 Å². The lowest BCUT2D eigenvalue weighted by Gasteiger charge is -2.19. The minimum atomic E-state index is 0.662. The maximum absolute atomic E-state index is 5.68. The summed E-state index contributed by atoms with van der Waals surface area (Å²) in [6, 6.07) is 10.6. The summed E-state index contributed by atoms with van der Waals surface area (Å²) in [5.41, 5.74) is 5.00. The molecule has 0 aromatic heterocycles. The Morgan fingerprint density at radius 1 is 0.810 bits per heavy atom. The molecule has 2 aromatic carbocycles. The van der Waals surface area contributed by atoms with Gasteiger partial charge in [-0.25, -0.2) is 0 Å². The van der Waals surface area contributed by atoms with E-state index in [1.165, 1.54) is 16.7 Å². The molecule has 3 rings (SSSR count). The van der Waals surface area contributed by atoms with Crippen molar-refractivity contribution in [2.24, 2.45) is 0 Å². The second-order valence-corrected chi connectivity index (χ2v) is 5.19. The zero-order valence-corrected chi connectivity index (χ0v) is 12.7. The summed E-state index contributed by atoms with van der Waals surface area (Å²) in [6.45, 7) is 0. The molecule has 1 aliphatic rings. The van der Waals surface area contributed by atoms with Crippen molar-refractivity contribution < 1.29 is 14.2 Å². The predicted molar refractivity (Wildman–Crippen MR) is 83.6 cm³/mol. The van der Waals surface area contributed by atoms with Crippen molar-refractivity contribution in [3.05, 3.63) is 41.5 Å². The summed E-state index contributed by atoms with van der Waals surface area (Å²) < 4.78 is 16.7. The first-order chi connectivity index (χ1) is 10.3. The number of hydrogen-bond acceptors (Lipinski definition) is 3. The minimum absolute atomic E-state index is 0.662. The lowest BCUT2D eigenvalue weighted by molar-refractivity contribution is 0.324. The summed E-state index contributed by atoms with van der Waals surface area (Å²) in [5, 5.41) is 0. The Bertz CT molecular complexity index is 662. The van der Waals surface area contributed by atoms with Gasteiger partial charge in [-0.05, 0) is 42.0 Å². The molecule has 1 aliphatic carbocycles. The zero-order chi connectivity index (χ0) is 14.8. The van der Waals surface area contributed by atoms with E-state index >= 15 is 0 Å². The molecule has 0 heterocycles. The Balaban J connectivity index is 2.35. The van der Waals surface area contributed by atoms with Crippen LogP contribution in [0.5, 0.6) is 17.2 Å². The first-order valence-corrected chi connectivity index (χ1v) is 7.20. The third-order valence-corrected chi connectivity index (χ3v) is 4.09. The number of rotatable bonds is 3. The molecule has 0 bridgehead atoms. The Kier molecular flexibility index (Phi) is 3.74. The maximum Gasteiger partial charge on any atom is 0.203 e. The highest BCUT2D eigenvalue weighted by atomic mass is 16.5. The first-order valence-electron chi connectivity index (χ1n) is 7.20. The molecular weight excluding hydrogens is 264 g/mol. The fourth-order valence-corrected chi connectivity index (χ4v) is 3.15. The van der Waals surface area contributed by atoms with Gasteiger partial charge in [0.1, 0.15) is 0 Å². The van der Waals surface area contributed by atoms with Crippen molar-refractivity contribution in [2.45, 2.75) is 19.3 Å². The van der Waals surface area contributed by atoms with Gasteiger partial charge in [0, 0.05) is 5.56 Å². The lowest BCUT2D eigenvalue weighted by Crippen LogP contribution is -2.00. The topological polar surface area (TPSA) is 27.7 Å². The van der Waals surface area contributed by atoms with E-state index in [4.69, 9.17) is 14.2 Å². The lowest BCUT2D eigenvalue weighted by atomic mass is 9.95. The van der Waals surface area contributed by atoms with Gasteiger partial charge in [-0.2, -0.15) is 0 Å². The maximum atomic E-state index is 5.68. The number of aryl methyl sites for hydroxylation is 2. The first kappa shape index (κ1) is 13.8. The van der Waals surface area contributed by atoms with E-state index in [1.807, 2.05) is 0 Å². The quantitative estimate of drug-likeness (QED) is 0.856. The summed E-state index contributed by atoms with van der Waals surface area (Å²) in [4.78, 5) is 0. The van der Waals surface area contributed by atoms with Crippen LogP contribution in [0.3, 0.4) is 0 Å². The van der Waals surface area contributed by atoms with Crippen molar-refractivity contribution in [2.75, 3.05) is 21.3 Å². The van der Waals surface area contributed by atoms with Crippen LogP contribution < -0.4 is 14.2 Å². The zero-order valence-electron chi connectivity index (χ0n) is 12.7. The van der Waals surface area contributed by atoms with Gasteiger partial charge in [0.15, 0.2) is 11.5 Å². The van der Waals surface area contributed by atoms with Crippen molar-refractivity contribution in [3.63, 3.8) is 0 Å². The van der Waals surface area contributed by atoms with Crippen LogP contribution in [0.1, 0.15) is 17.5 Å². The molecule has 0 amide bonds. The summed E-state index contributed by atoms with van der Waals surface area (Å²) in [5.74, 6) is 2.16. The van der Waals surface area contributed by atoms with E-state index in [0.717, 1.165) is 36.3 Å². The Labute approximate surface area is 125 Å². The fraction of sp³-hybridized carbons (Fsp3) is 0.333. The van der Waals surface area contributed by atoms with Crippen LogP contribution in [0, 0.1) is 0 Å². The van der Waals surface area contributed by atoms with Gasteiger partial charge in [-0.1, -0.05) is 24.3 Å². The second-order valence-electron chi connectivity index (χ2n) is 5.19. The van der Waals surface area contributed by atoms with Gasteiger partial charge >= 0.3 is 0 Å². The number of benzene rings is 2. The van der Waals surface area contributed by atoms with Crippen molar-refractivity contribution in [1.82, 2.24) is 0 Å². The van der Waals surface area contributed by atoms with Crippen LogP contribution in [0.25, 0.3) is 11.1 Å². The molecule has 21 heavy (non-hydrogen) atoms. The monoisotopic (exact) mass is 284 g/mol. The highest BCUT2D eigenvalue weighted by Crippen LogP contribution is 2.48. The van der Waals surface area contributed by atoms with Crippen molar-refractivity contribution in [3.8, 4) is 28.4 Å². The van der Waals surface area contributed by atoms with E-state index < -0.39 is 0 Å². The summed E-state index contributed by atoms with van der Waals surface area (Å²) in [7, 11) is 4.99. The Morgan fingerprint density at radius 3 is 2.24 bits per heavy atom. The predicted octanol–water partition coefficient (Wildman–Crippen LogP) is 3.87. The average molecular weight is 284 g/mol. The molecule has 0 saturated carbocycles. The Morgan fingerprint density at radius 2 is 1.52 bits per heavy atom. The van der Waals surface area contributed by atoms with Crippen LogP contribution >= 0.6 is 0 Å². The van der Waals surface area contributed by atoms with Gasteiger partial charge in [0.05, 0.1) is 21.3 Å². The van der Waals surface area contributed by atoms with Crippen LogP contribution in [0.15, 0.2) is 30.3 Å². The van der Waals surface area contributed by atoms with Crippen molar-refractivity contribution >= 4 is 0 Å². The second kappa shape index (κ2) is 5.68. The van der Waals surface area contributed by atoms with Crippen LogP contribution in [-0.2, 0) is 12.8 Å². The smallest absolute Gasteiger partial charge is 0.203 e. The number of fused-ring (bicyclic) bond motifs is 3. The van der Waals surface area contributed by atoms with E-state index in [1.54, 1.807) is 21.3 Å². The van der Waals surface area contributed by atoms with Gasteiger partial charge in [-0.3, -0.25) is 0 Å². The molecule has 0 N–H and O–H groups in total. The normalized spacial score (nSPS) is 12.9. The van der Waals surface area contributed by atoms with Gasteiger partial charge in [-0.15, -0.1) is 0 Å². The average Bonchev–Trinajstić information content (AvgIpc) is 2.71. The number of hydrogen-bond donors (Lipinski definition) is 0. The molecule has 0 radical (unpaired) electrons. The molecule has 2 aromatic rings. The molecule has 0 fully saturated rings. The Hall–Kier alpha value is -2.16. The molecule has 0 saturated heterocycles. The fourth-order valence-electron chi connectivity index (χ4n) is 3.15. The molecule has 0 atom stereocenters. The van der Waals surface area contributed by atoms with Crippen molar-refractivity contribution in [1.29, 1.82) is 0 Å². The number of methoxy groups -OCH3 is 3. The van der Waals surface area contributed by atoms with E-state index in [0.29, 0.717) is 5.75 Å². The van der Waals surface area contributed by atoms with Crippen LogP contribution in [0.2, 0.25) is 0 Å².